The van der Waals surface area contributed by atoms with E-state index in [2.05, 4.69) is 15.4 Å². The first kappa shape index (κ1) is 17.3. The van der Waals surface area contributed by atoms with Crippen molar-refractivity contribution in [2.75, 3.05) is 12.4 Å². The van der Waals surface area contributed by atoms with Crippen molar-refractivity contribution in [3.63, 3.8) is 0 Å². The number of ether oxygens (including phenoxy) is 1. The van der Waals surface area contributed by atoms with Gasteiger partial charge in [-0.05, 0) is 49.2 Å². The molecule has 0 aliphatic carbocycles. The predicted molar refractivity (Wildman–Crippen MR) is 97.7 cm³/mol. The second kappa shape index (κ2) is 6.75. The lowest BCUT2D eigenvalue weighted by atomic mass is 10.1. The number of nitrogens with one attached hydrogen (secondary N) is 2. The van der Waals surface area contributed by atoms with Crippen LogP contribution in [0.5, 0.6) is 17.2 Å². The number of nitrogens with zero attached hydrogens (tertiary/aromatic N) is 2. The minimum absolute atomic E-state index is 0.132. The molecule has 26 heavy (non-hydrogen) atoms. The summed E-state index contributed by atoms with van der Waals surface area (Å²) in [6.45, 7) is 3.70. The average Bonchev–Trinajstić information content (AvgIpc) is 2.59. The fourth-order valence-electron chi connectivity index (χ4n) is 2.64. The lowest BCUT2D eigenvalue weighted by Gasteiger charge is -2.15. The van der Waals surface area contributed by atoms with Crippen LogP contribution in [0.15, 0.2) is 46.1 Å². The average molecular weight is 354 g/mol. The Bertz CT molecular complexity index is 1060. The summed E-state index contributed by atoms with van der Waals surface area (Å²) in [5, 5.41) is 16.5. The van der Waals surface area contributed by atoms with E-state index in [1.807, 2.05) is 13.8 Å². The number of hydrogen-bond acceptors (Lipinski definition) is 6. The summed E-state index contributed by atoms with van der Waals surface area (Å²) in [5.74, 6) is 1.33. The van der Waals surface area contributed by atoms with Gasteiger partial charge in [0.2, 0.25) is 0 Å². The van der Waals surface area contributed by atoms with E-state index in [0.29, 0.717) is 22.9 Å². The second-order valence-electron chi connectivity index (χ2n) is 5.79. The molecule has 0 saturated carbocycles. The summed E-state index contributed by atoms with van der Waals surface area (Å²) < 4.78 is 7.08. The Hall–Kier alpha value is -3.55. The van der Waals surface area contributed by atoms with E-state index in [4.69, 9.17) is 4.74 Å². The molecule has 0 radical (unpaired) electrons. The number of benzene rings is 2. The van der Waals surface area contributed by atoms with E-state index < -0.39 is 11.2 Å². The maximum absolute atomic E-state index is 11.9. The smallest absolute Gasteiger partial charge is 0.349 e. The molecule has 0 aliphatic rings. The third-order valence-electron chi connectivity index (χ3n) is 3.86. The maximum atomic E-state index is 11.9. The number of phenolic OH excluding ortho intramolecular Hbond substituents is 1. The first-order valence-corrected chi connectivity index (χ1v) is 7.88. The third-order valence-corrected chi connectivity index (χ3v) is 3.86. The van der Waals surface area contributed by atoms with Gasteiger partial charge in [0, 0.05) is 13.1 Å². The van der Waals surface area contributed by atoms with Crippen LogP contribution in [-0.2, 0) is 0 Å². The zero-order valence-electron chi connectivity index (χ0n) is 14.5. The third kappa shape index (κ3) is 3.30. The van der Waals surface area contributed by atoms with Crippen molar-refractivity contribution in [1.29, 1.82) is 0 Å². The molecule has 3 N–H and O–H groups in total. The molecule has 0 fully saturated rings. The van der Waals surface area contributed by atoms with Crippen LogP contribution < -0.4 is 21.3 Å². The lowest BCUT2D eigenvalue weighted by Crippen LogP contribution is -2.30. The van der Waals surface area contributed by atoms with E-state index in [0.717, 1.165) is 22.0 Å². The highest BCUT2D eigenvalue weighted by Crippen LogP contribution is 2.34. The van der Waals surface area contributed by atoms with Gasteiger partial charge in [0.1, 0.15) is 23.4 Å². The molecule has 0 spiro atoms. The maximum Gasteiger partial charge on any atom is 0.349 e. The van der Waals surface area contributed by atoms with Gasteiger partial charge in [-0.3, -0.25) is 9.78 Å². The first-order valence-electron chi connectivity index (χ1n) is 7.88. The number of aromatic hydroxyl groups is 1. The highest BCUT2D eigenvalue weighted by atomic mass is 16.5. The van der Waals surface area contributed by atoms with Gasteiger partial charge >= 0.3 is 5.69 Å². The number of hydrogen-bond donors (Lipinski definition) is 3. The summed E-state index contributed by atoms with van der Waals surface area (Å²) >= 11 is 0. The number of aryl methyl sites for hydroxylation is 2. The van der Waals surface area contributed by atoms with Gasteiger partial charge in [-0.25, -0.2) is 4.79 Å². The van der Waals surface area contributed by atoms with Crippen molar-refractivity contribution in [1.82, 2.24) is 14.8 Å². The molecule has 134 valence electrons. The minimum Gasteiger partial charge on any atom is -0.506 e. The number of H-pyrrole nitrogens is 1. The summed E-state index contributed by atoms with van der Waals surface area (Å²) in [4.78, 5) is 25.3. The Balaban J connectivity index is 2.00. The Morgan fingerprint density at radius 3 is 2.46 bits per heavy atom. The molecule has 0 aliphatic heterocycles. The number of phenols is 1. The van der Waals surface area contributed by atoms with Crippen molar-refractivity contribution in [3.05, 3.63) is 68.5 Å². The number of aromatic amines is 1. The highest BCUT2D eigenvalue weighted by Gasteiger charge is 2.12. The standard InChI is InChI=1S/C18H18N4O4/c1-10-6-12(22-18(25)21-16(24)9-20-22)7-11(2)17(10)26-13-4-5-15(23)14(8-13)19-3/h4-9,19,23H,1-3H3,(H,21,24,25). The molecular formula is C18H18N4O4. The van der Waals surface area contributed by atoms with Gasteiger partial charge in [0.05, 0.1) is 11.4 Å². The largest absolute Gasteiger partial charge is 0.506 e. The van der Waals surface area contributed by atoms with Crippen molar-refractivity contribution in [2.45, 2.75) is 13.8 Å². The fourth-order valence-corrected chi connectivity index (χ4v) is 2.64. The van der Waals surface area contributed by atoms with E-state index >= 15 is 0 Å². The molecule has 1 aromatic heterocycles. The molecule has 0 saturated heterocycles. The van der Waals surface area contributed by atoms with Crippen LogP contribution in [0.25, 0.3) is 5.69 Å². The van der Waals surface area contributed by atoms with Crippen molar-refractivity contribution in [2.24, 2.45) is 0 Å². The molecule has 3 rings (SSSR count). The Morgan fingerprint density at radius 1 is 1.15 bits per heavy atom. The molecule has 0 bridgehead atoms. The summed E-state index contributed by atoms with van der Waals surface area (Å²) in [5.41, 5.74) is 1.50. The molecule has 8 heteroatoms. The van der Waals surface area contributed by atoms with E-state index in [1.54, 1.807) is 37.4 Å². The number of rotatable bonds is 4. The SMILES string of the molecule is CNc1cc(Oc2c(C)cc(-n3ncc(=O)[nH]c3=O)cc2C)ccc1O. The van der Waals surface area contributed by atoms with Gasteiger partial charge in [0.15, 0.2) is 0 Å². The van der Waals surface area contributed by atoms with Crippen LogP contribution in [0.2, 0.25) is 0 Å². The predicted octanol–water partition coefficient (Wildman–Crippen LogP) is 2.08. The molecule has 2 aromatic carbocycles. The Labute approximate surface area is 148 Å². The van der Waals surface area contributed by atoms with Crippen molar-refractivity contribution < 1.29 is 9.84 Å². The molecular weight excluding hydrogens is 336 g/mol. The van der Waals surface area contributed by atoms with Crippen molar-refractivity contribution in [3.8, 4) is 22.9 Å². The zero-order chi connectivity index (χ0) is 18.8. The van der Waals surface area contributed by atoms with E-state index in [9.17, 15) is 14.7 Å². The molecule has 0 atom stereocenters. The normalized spacial score (nSPS) is 10.6. The number of aromatic nitrogens is 3. The van der Waals surface area contributed by atoms with Gasteiger partial charge in [-0.1, -0.05) is 0 Å². The molecule has 3 aromatic rings. The van der Waals surface area contributed by atoms with Crippen LogP contribution in [-0.4, -0.2) is 26.9 Å². The molecule has 0 unspecified atom stereocenters. The van der Waals surface area contributed by atoms with E-state index in [-0.39, 0.29) is 5.75 Å². The summed E-state index contributed by atoms with van der Waals surface area (Å²) in [6.07, 6.45) is 1.05. The minimum atomic E-state index is -0.609. The van der Waals surface area contributed by atoms with Crippen LogP contribution >= 0.6 is 0 Å². The zero-order valence-corrected chi connectivity index (χ0v) is 14.5. The second-order valence-corrected chi connectivity index (χ2v) is 5.79. The topological polar surface area (TPSA) is 109 Å². The first-order chi connectivity index (χ1) is 12.4. The monoisotopic (exact) mass is 354 g/mol. The van der Waals surface area contributed by atoms with Crippen molar-refractivity contribution >= 4 is 5.69 Å². The van der Waals surface area contributed by atoms with Gasteiger partial charge in [-0.15, -0.1) is 0 Å². The van der Waals surface area contributed by atoms with Gasteiger partial charge in [-0.2, -0.15) is 9.78 Å². The quantitative estimate of drug-likeness (QED) is 0.619. The fraction of sp³-hybridized carbons (Fsp3) is 0.167. The summed E-state index contributed by atoms with van der Waals surface area (Å²) in [7, 11) is 1.71. The number of anilines is 1. The molecule has 1 heterocycles. The van der Waals surface area contributed by atoms with E-state index in [1.165, 1.54) is 0 Å². The van der Waals surface area contributed by atoms with Crippen LogP contribution in [0, 0.1) is 13.8 Å². The Kier molecular flexibility index (Phi) is 4.49. The van der Waals surface area contributed by atoms with Crippen LogP contribution in [0.3, 0.4) is 0 Å². The lowest BCUT2D eigenvalue weighted by molar-refractivity contribution is 0.463. The summed E-state index contributed by atoms with van der Waals surface area (Å²) in [6, 6.07) is 8.39. The Morgan fingerprint density at radius 2 is 1.85 bits per heavy atom. The molecule has 0 amide bonds. The van der Waals surface area contributed by atoms with Gasteiger partial charge in [0.25, 0.3) is 5.56 Å². The molecule has 8 nitrogen and oxygen atoms in total. The van der Waals surface area contributed by atoms with Crippen LogP contribution in [0.1, 0.15) is 11.1 Å². The van der Waals surface area contributed by atoms with Gasteiger partial charge < -0.3 is 15.2 Å². The van der Waals surface area contributed by atoms with Crippen LogP contribution in [0.4, 0.5) is 5.69 Å². The highest BCUT2D eigenvalue weighted by molar-refractivity contribution is 5.59.